The van der Waals surface area contributed by atoms with Crippen LogP contribution in [0.2, 0.25) is 0 Å². The van der Waals surface area contributed by atoms with E-state index in [1.807, 2.05) is 36.0 Å². The van der Waals surface area contributed by atoms with Crippen LogP contribution in [-0.2, 0) is 0 Å². The molecule has 1 saturated heterocycles. The van der Waals surface area contributed by atoms with Gasteiger partial charge in [-0.15, -0.1) is 0 Å². The van der Waals surface area contributed by atoms with E-state index in [2.05, 4.69) is 15.3 Å². The van der Waals surface area contributed by atoms with Crippen LogP contribution >= 0.6 is 0 Å². The van der Waals surface area contributed by atoms with Gasteiger partial charge in [-0.2, -0.15) is 0 Å². The van der Waals surface area contributed by atoms with Gasteiger partial charge in [0.25, 0.3) is 5.56 Å². The van der Waals surface area contributed by atoms with Gasteiger partial charge in [-0.05, 0) is 63.4 Å². The minimum absolute atomic E-state index is 0.00103. The molecule has 1 aliphatic carbocycles. The summed E-state index contributed by atoms with van der Waals surface area (Å²) in [5.41, 5.74) is 3.23. The average Bonchev–Trinajstić information content (AvgIpc) is 3.35. The summed E-state index contributed by atoms with van der Waals surface area (Å²) in [6.07, 6.45) is 9.85. The molecule has 30 heavy (non-hydrogen) atoms. The maximum Gasteiger partial charge on any atom is 0.260 e. The normalized spacial score (nSPS) is 20.3. The molecule has 1 N–H and O–H groups in total. The number of aromatic nitrogens is 4. The first-order chi connectivity index (χ1) is 14.5. The zero-order valence-electron chi connectivity index (χ0n) is 16.7. The van der Waals surface area contributed by atoms with E-state index in [0.29, 0.717) is 27.8 Å². The molecular weight excluding hydrogens is 381 g/mol. The van der Waals surface area contributed by atoms with Crippen molar-refractivity contribution < 1.29 is 4.39 Å². The van der Waals surface area contributed by atoms with Crippen molar-refractivity contribution in [3.05, 3.63) is 64.7 Å². The Kier molecular flexibility index (Phi) is 3.68. The third kappa shape index (κ3) is 2.76. The standard InChI is InChI=1S/C23H22FN5O/c1-14-12-28-13-15(10-18(24)21(28)26-14)19-3-2-17-20(27-19)5-9-29(22(17)30)16-4-8-25-23(11-16)6-7-23/h2-3,5,9-10,12-13,16,25H,4,6-8,11H2,1H3/t16-/m1/s1. The number of aryl methyl sites for hydroxylation is 1. The number of hydrogen-bond acceptors (Lipinski definition) is 4. The molecule has 152 valence electrons. The zero-order chi connectivity index (χ0) is 20.5. The Morgan fingerprint density at radius 3 is 2.90 bits per heavy atom. The summed E-state index contributed by atoms with van der Waals surface area (Å²) in [6, 6.07) is 7.18. The SMILES string of the molecule is Cc1cn2cc(-c3ccc4c(=O)n([C@@H]5CCNC6(CC6)C5)ccc4n3)cc(F)c2n1. The first kappa shape index (κ1) is 17.8. The van der Waals surface area contributed by atoms with Crippen molar-refractivity contribution in [3.63, 3.8) is 0 Å². The number of imidazole rings is 1. The molecule has 0 aromatic carbocycles. The van der Waals surface area contributed by atoms with Crippen molar-refractivity contribution >= 4 is 16.6 Å². The Morgan fingerprint density at radius 2 is 2.07 bits per heavy atom. The van der Waals surface area contributed by atoms with Crippen LogP contribution in [0.5, 0.6) is 0 Å². The number of hydrogen-bond donors (Lipinski definition) is 1. The van der Waals surface area contributed by atoms with Crippen LogP contribution in [-0.4, -0.2) is 31.0 Å². The van der Waals surface area contributed by atoms with E-state index < -0.39 is 5.82 Å². The molecule has 0 radical (unpaired) electrons. The van der Waals surface area contributed by atoms with E-state index in [1.165, 1.54) is 18.9 Å². The lowest BCUT2D eigenvalue weighted by Crippen LogP contribution is -2.42. The molecule has 4 aromatic rings. The first-order valence-corrected chi connectivity index (χ1v) is 10.4. The molecule has 7 heteroatoms. The second kappa shape index (κ2) is 6.22. The molecule has 1 spiro atoms. The van der Waals surface area contributed by atoms with Gasteiger partial charge in [0.15, 0.2) is 11.5 Å². The van der Waals surface area contributed by atoms with Crippen molar-refractivity contribution in [2.24, 2.45) is 0 Å². The topological polar surface area (TPSA) is 64.2 Å². The maximum absolute atomic E-state index is 14.5. The minimum atomic E-state index is -0.391. The second-order valence-electron chi connectivity index (χ2n) is 8.70. The van der Waals surface area contributed by atoms with Gasteiger partial charge in [-0.1, -0.05) is 0 Å². The fraction of sp³-hybridized carbons (Fsp3) is 0.348. The molecule has 1 saturated carbocycles. The van der Waals surface area contributed by atoms with E-state index in [-0.39, 0.29) is 17.1 Å². The lowest BCUT2D eigenvalue weighted by molar-refractivity contribution is 0.282. The largest absolute Gasteiger partial charge is 0.312 e. The quantitative estimate of drug-likeness (QED) is 0.555. The highest BCUT2D eigenvalue weighted by Gasteiger charge is 2.46. The molecule has 0 amide bonds. The molecule has 0 unspecified atom stereocenters. The van der Waals surface area contributed by atoms with Gasteiger partial charge in [0, 0.05) is 35.7 Å². The van der Waals surface area contributed by atoms with Crippen molar-refractivity contribution in [2.75, 3.05) is 6.54 Å². The first-order valence-electron chi connectivity index (χ1n) is 10.4. The zero-order valence-corrected chi connectivity index (χ0v) is 16.7. The lowest BCUT2D eigenvalue weighted by Gasteiger charge is -2.31. The monoisotopic (exact) mass is 403 g/mol. The van der Waals surface area contributed by atoms with Crippen LogP contribution in [0.1, 0.15) is 37.4 Å². The summed E-state index contributed by atoms with van der Waals surface area (Å²) in [5, 5.41) is 4.21. The number of nitrogens with one attached hydrogen (secondary N) is 1. The Hall–Kier alpha value is -3.06. The summed E-state index contributed by atoms with van der Waals surface area (Å²) >= 11 is 0. The van der Waals surface area contributed by atoms with Crippen LogP contribution in [0.3, 0.4) is 0 Å². The molecule has 1 aliphatic heterocycles. The molecular formula is C23H22FN5O. The number of piperidine rings is 1. The Labute approximate surface area is 172 Å². The molecule has 2 fully saturated rings. The van der Waals surface area contributed by atoms with E-state index in [0.717, 1.165) is 25.1 Å². The van der Waals surface area contributed by atoms with Crippen LogP contribution in [0.4, 0.5) is 4.39 Å². The molecule has 0 bridgehead atoms. The highest BCUT2D eigenvalue weighted by atomic mass is 19.1. The highest BCUT2D eigenvalue weighted by molar-refractivity contribution is 5.80. The maximum atomic E-state index is 14.5. The van der Waals surface area contributed by atoms with Crippen molar-refractivity contribution in [1.82, 2.24) is 24.3 Å². The molecule has 5 heterocycles. The fourth-order valence-corrected chi connectivity index (χ4v) is 4.81. The number of halogens is 1. The molecule has 1 atom stereocenters. The van der Waals surface area contributed by atoms with Crippen molar-refractivity contribution in [2.45, 2.75) is 44.2 Å². The van der Waals surface area contributed by atoms with Gasteiger partial charge < -0.3 is 14.3 Å². The van der Waals surface area contributed by atoms with Gasteiger partial charge in [0.2, 0.25) is 0 Å². The third-order valence-corrected chi connectivity index (χ3v) is 6.56. The van der Waals surface area contributed by atoms with Crippen LogP contribution < -0.4 is 10.9 Å². The molecule has 4 aromatic heterocycles. The second-order valence-corrected chi connectivity index (χ2v) is 8.70. The fourth-order valence-electron chi connectivity index (χ4n) is 4.81. The van der Waals surface area contributed by atoms with Gasteiger partial charge in [-0.25, -0.2) is 14.4 Å². The Balaban J connectivity index is 1.41. The summed E-state index contributed by atoms with van der Waals surface area (Å²) < 4.78 is 18.0. The Bertz CT molecular complexity index is 1370. The number of rotatable bonds is 2. The van der Waals surface area contributed by atoms with Gasteiger partial charge >= 0.3 is 0 Å². The van der Waals surface area contributed by atoms with Gasteiger partial charge in [0.05, 0.1) is 22.3 Å². The summed E-state index contributed by atoms with van der Waals surface area (Å²) in [6.45, 7) is 2.78. The van der Waals surface area contributed by atoms with Crippen LogP contribution in [0, 0.1) is 12.7 Å². The van der Waals surface area contributed by atoms with Crippen molar-refractivity contribution in [1.29, 1.82) is 0 Å². The number of nitrogens with zero attached hydrogens (tertiary/aromatic N) is 4. The Morgan fingerprint density at radius 1 is 1.20 bits per heavy atom. The van der Waals surface area contributed by atoms with E-state index in [4.69, 9.17) is 0 Å². The lowest BCUT2D eigenvalue weighted by atomic mass is 9.97. The summed E-state index contributed by atoms with van der Waals surface area (Å²) in [7, 11) is 0. The molecule has 6 rings (SSSR count). The predicted octanol–water partition coefficient (Wildman–Crippen LogP) is 3.62. The smallest absolute Gasteiger partial charge is 0.260 e. The van der Waals surface area contributed by atoms with E-state index in [1.54, 1.807) is 16.7 Å². The average molecular weight is 403 g/mol. The molecule has 2 aliphatic rings. The van der Waals surface area contributed by atoms with Crippen molar-refractivity contribution in [3.8, 4) is 11.3 Å². The minimum Gasteiger partial charge on any atom is -0.312 e. The van der Waals surface area contributed by atoms with E-state index >= 15 is 0 Å². The van der Waals surface area contributed by atoms with E-state index in [9.17, 15) is 9.18 Å². The van der Waals surface area contributed by atoms with Crippen LogP contribution in [0.25, 0.3) is 27.8 Å². The van der Waals surface area contributed by atoms with Crippen LogP contribution in [0.15, 0.2) is 47.7 Å². The van der Waals surface area contributed by atoms with Gasteiger partial charge in [0.1, 0.15) is 0 Å². The highest BCUT2D eigenvalue weighted by Crippen LogP contribution is 2.45. The number of pyridine rings is 3. The summed E-state index contributed by atoms with van der Waals surface area (Å²) in [4.78, 5) is 22.0. The third-order valence-electron chi connectivity index (χ3n) is 6.56. The van der Waals surface area contributed by atoms with Gasteiger partial charge in [-0.3, -0.25) is 4.79 Å². The molecule has 6 nitrogen and oxygen atoms in total. The summed E-state index contributed by atoms with van der Waals surface area (Å²) in [5.74, 6) is -0.391. The number of fused-ring (bicyclic) bond motifs is 2. The predicted molar refractivity (Wildman–Crippen MR) is 113 cm³/mol.